The first-order valence-electron chi connectivity index (χ1n) is 10.9. The molecule has 0 unspecified atom stereocenters. The Morgan fingerprint density at radius 3 is 2.17 bits per heavy atom. The van der Waals surface area contributed by atoms with Gasteiger partial charge in [-0.1, -0.05) is 0 Å². The molecule has 9 nitrogen and oxygen atoms in total. The summed E-state index contributed by atoms with van der Waals surface area (Å²) in [4.78, 5) is 41.9. The second-order valence-electron chi connectivity index (χ2n) is 8.46. The number of hydrogen-bond donors (Lipinski definition) is 3. The van der Waals surface area contributed by atoms with Crippen molar-refractivity contribution in [1.82, 2.24) is 25.3 Å². The number of nitrogens with one attached hydrogen (secondary N) is 2. The molecule has 0 radical (unpaired) electrons. The number of imide groups is 1. The molecule has 0 atom stereocenters. The van der Waals surface area contributed by atoms with E-state index in [1.54, 1.807) is 0 Å². The van der Waals surface area contributed by atoms with Crippen LogP contribution in [0.4, 0.5) is 4.79 Å². The number of carboxylic acid groups (broad SMARTS) is 1. The topological polar surface area (TPSA) is 105 Å². The molecule has 3 rings (SSSR count). The van der Waals surface area contributed by atoms with Gasteiger partial charge >= 0.3 is 12.0 Å². The molecule has 2 heterocycles. The van der Waals surface area contributed by atoms with Crippen molar-refractivity contribution in [1.29, 1.82) is 0 Å². The van der Waals surface area contributed by atoms with Crippen molar-refractivity contribution in [3.8, 4) is 0 Å². The molecule has 164 valence electrons. The lowest BCUT2D eigenvalue weighted by molar-refractivity contribution is -0.136. The molecular formula is C20H35N5O4. The maximum atomic E-state index is 13.1. The molecule has 3 aliphatic rings. The number of carbonyl (C=O) groups excluding carboxylic acids is 2. The minimum atomic E-state index is -0.865. The van der Waals surface area contributed by atoms with E-state index in [0.717, 1.165) is 64.7 Å². The average molecular weight is 410 g/mol. The number of piperidine rings is 1. The first-order chi connectivity index (χ1) is 14.0. The predicted octanol–water partition coefficient (Wildman–Crippen LogP) is 0.310. The van der Waals surface area contributed by atoms with Crippen LogP contribution in [0.1, 0.15) is 45.4 Å². The molecule has 0 aromatic rings. The first-order valence-corrected chi connectivity index (χ1v) is 10.9. The SMILES string of the molecule is CC(=O)N(C(=O)N1CCN(C2CCNCC2)CC1)C1CCC(NCC(=O)O)CC1. The minimum Gasteiger partial charge on any atom is -0.480 e. The number of nitrogens with zero attached hydrogens (tertiary/aromatic N) is 3. The van der Waals surface area contributed by atoms with Crippen molar-refractivity contribution in [3.63, 3.8) is 0 Å². The van der Waals surface area contributed by atoms with Crippen LogP contribution >= 0.6 is 0 Å². The van der Waals surface area contributed by atoms with Crippen molar-refractivity contribution < 1.29 is 19.5 Å². The molecule has 29 heavy (non-hydrogen) atoms. The second-order valence-corrected chi connectivity index (χ2v) is 8.46. The number of carboxylic acids is 1. The number of hydrogen-bond acceptors (Lipinski definition) is 6. The molecule has 3 fully saturated rings. The van der Waals surface area contributed by atoms with Crippen LogP contribution in [-0.4, -0.2) is 102 Å². The van der Waals surface area contributed by atoms with Gasteiger partial charge in [0, 0.05) is 51.2 Å². The Hall–Kier alpha value is -1.71. The summed E-state index contributed by atoms with van der Waals surface area (Å²) in [5, 5.41) is 15.2. The molecule has 1 saturated carbocycles. The van der Waals surface area contributed by atoms with Crippen LogP contribution in [0.5, 0.6) is 0 Å². The molecule has 0 aromatic carbocycles. The van der Waals surface area contributed by atoms with Crippen LogP contribution in [0, 0.1) is 0 Å². The molecule has 2 saturated heterocycles. The summed E-state index contributed by atoms with van der Waals surface area (Å²) >= 11 is 0. The quantitative estimate of drug-likeness (QED) is 0.600. The molecule has 3 N–H and O–H groups in total. The number of amides is 3. The predicted molar refractivity (Wildman–Crippen MR) is 109 cm³/mol. The molecule has 0 aromatic heterocycles. The zero-order valence-electron chi connectivity index (χ0n) is 17.4. The van der Waals surface area contributed by atoms with E-state index in [9.17, 15) is 14.4 Å². The van der Waals surface area contributed by atoms with E-state index in [2.05, 4.69) is 15.5 Å². The number of rotatable bonds is 5. The van der Waals surface area contributed by atoms with Crippen LogP contribution in [0.15, 0.2) is 0 Å². The summed E-state index contributed by atoms with van der Waals surface area (Å²) in [7, 11) is 0. The summed E-state index contributed by atoms with van der Waals surface area (Å²) in [5.74, 6) is -1.06. The van der Waals surface area contributed by atoms with Gasteiger partial charge in [0.2, 0.25) is 5.91 Å². The lowest BCUT2D eigenvalue weighted by Crippen LogP contribution is -2.58. The van der Waals surface area contributed by atoms with Crippen LogP contribution in [-0.2, 0) is 9.59 Å². The van der Waals surface area contributed by atoms with Gasteiger partial charge in [-0.25, -0.2) is 4.79 Å². The smallest absolute Gasteiger partial charge is 0.327 e. The highest BCUT2D eigenvalue weighted by atomic mass is 16.4. The Morgan fingerprint density at radius 2 is 1.62 bits per heavy atom. The van der Waals surface area contributed by atoms with E-state index >= 15 is 0 Å². The monoisotopic (exact) mass is 409 g/mol. The Balaban J connectivity index is 1.50. The van der Waals surface area contributed by atoms with Crippen molar-refractivity contribution >= 4 is 17.9 Å². The minimum absolute atomic E-state index is 0.0496. The van der Waals surface area contributed by atoms with Gasteiger partial charge < -0.3 is 20.6 Å². The third-order valence-electron chi connectivity index (χ3n) is 6.56. The van der Waals surface area contributed by atoms with Gasteiger partial charge in [0.15, 0.2) is 0 Å². The Kier molecular flexibility index (Phi) is 7.85. The Morgan fingerprint density at radius 1 is 1.00 bits per heavy atom. The highest BCUT2D eigenvalue weighted by Crippen LogP contribution is 2.25. The maximum absolute atomic E-state index is 13.1. The van der Waals surface area contributed by atoms with E-state index in [-0.39, 0.29) is 30.6 Å². The van der Waals surface area contributed by atoms with Crippen LogP contribution in [0.25, 0.3) is 0 Å². The summed E-state index contributed by atoms with van der Waals surface area (Å²) in [6.45, 7) is 6.62. The molecule has 3 amide bonds. The summed E-state index contributed by atoms with van der Waals surface area (Å²) < 4.78 is 0. The fourth-order valence-corrected chi connectivity index (χ4v) is 4.92. The van der Waals surface area contributed by atoms with E-state index in [1.807, 2.05) is 4.90 Å². The molecule has 0 bridgehead atoms. The third kappa shape index (κ3) is 5.90. The average Bonchev–Trinajstić information content (AvgIpc) is 2.73. The maximum Gasteiger partial charge on any atom is 0.327 e. The van der Waals surface area contributed by atoms with Gasteiger partial charge in [0.05, 0.1) is 6.54 Å². The Bertz CT molecular complexity index is 579. The van der Waals surface area contributed by atoms with Gasteiger partial charge in [0.1, 0.15) is 0 Å². The van der Waals surface area contributed by atoms with E-state index < -0.39 is 5.97 Å². The molecule has 9 heteroatoms. The van der Waals surface area contributed by atoms with Crippen molar-refractivity contribution in [2.75, 3.05) is 45.8 Å². The molecule has 0 spiro atoms. The van der Waals surface area contributed by atoms with Crippen LogP contribution < -0.4 is 10.6 Å². The Labute approximate surface area is 172 Å². The summed E-state index contributed by atoms with van der Waals surface area (Å²) in [6, 6.07) is 0.487. The highest BCUT2D eigenvalue weighted by Gasteiger charge is 2.35. The first kappa shape index (κ1) is 22.0. The number of urea groups is 1. The van der Waals surface area contributed by atoms with Gasteiger partial charge in [-0.15, -0.1) is 0 Å². The second kappa shape index (κ2) is 10.4. The van der Waals surface area contributed by atoms with Gasteiger partial charge in [-0.3, -0.25) is 19.4 Å². The number of aliphatic carboxylic acids is 1. The number of carbonyl (C=O) groups is 3. The van der Waals surface area contributed by atoms with Gasteiger partial charge in [0.25, 0.3) is 0 Å². The summed E-state index contributed by atoms with van der Waals surface area (Å²) in [6.07, 6.45) is 5.31. The molecule has 2 aliphatic heterocycles. The van der Waals surface area contributed by atoms with E-state index in [0.29, 0.717) is 19.1 Å². The zero-order valence-corrected chi connectivity index (χ0v) is 17.4. The normalized spacial score (nSPS) is 26.9. The summed E-state index contributed by atoms with van der Waals surface area (Å²) in [5.41, 5.74) is 0. The van der Waals surface area contributed by atoms with Gasteiger partial charge in [-0.05, 0) is 51.6 Å². The van der Waals surface area contributed by atoms with E-state index in [4.69, 9.17) is 5.11 Å². The fraction of sp³-hybridized carbons (Fsp3) is 0.850. The van der Waals surface area contributed by atoms with E-state index in [1.165, 1.54) is 11.8 Å². The van der Waals surface area contributed by atoms with Crippen molar-refractivity contribution in [3.05, 3.63) is 0 Å². The fourth-order valence-electron chi connectivity index (χ4n) is 4.92. The molecule has 1 aliphatic carbocycles. The number of piperazine rings is 1. The largest absolute Gasteiger partial charge is 0.480 e. The lowest BCUT2D eigenvalue weighted by atomic mass is 9.90. The zero-order chi connectivity index (χ0) is 20.8. The van der Waals surface area contributed by atoms with Crippen LogP contribution in [0.3, 0.4) is 0 Å². The van der Waals surface area contributed by atoms with Gasteiger partial charge in [-0.2, -0.15) is 0 Å². The lowest BCUT2D eigenvalue weighted by Gasteiger charge is -2.43. The van der Waals surface area contributed by atoms with Crippen molar-refractivity contribution in [2.45, 2.75) is 63.6 Å². The van der Waals surface area contributed by atoms with Crippen molar-refractivity contribution in [2.24, 2.45) is 0 Å². The molecular weight excluding hydrogens is 374 g/mol. The highest BCUT2D eigenvalue weighted by molar-refractivity contribution is 5.93. The van der Waals surface area contributed by atoms with Crippen LogP contribution in [0.2, 0.25) is 0 Å². The standard InChI is InChI=1S/C20H35N5O4/c1-15(26)25(18-4-2-16(3-5-18)22-14-19(27)28)20(29)24-12-10-23(11-13-24)17-6-8-21-9-7-17/h16-18,21-22H,2-14H2,1H3,(H,27,28). The third-order valence-corrected chi connectivity index (χ3v) is 6.56.